The molecule has 2 aromatic rings. The van der Waals surface area contributed by atoms with E-state index < -0.39 is 0 Å². The van der Waals surface area contributed by atoms with Crippen molar-refractivity contribution in [1.82, 2.24) is 9.80 Å². The molecule has 1 unspecified atom stereocenters. The second-order valence-electron chi connectivity index (χ2n) is 5.40. The maximum Gasteiger partial charge on any atom is 0.255 e. The van der Waals surface area contributed by atoms with Gasteiger partial charge in [-0.3, -0.25) is 9.59 Å². The van der Waals surface area contributed by atoms with Gasteiger partial charge in [-0.05, 0) is 17.0 Å². The summed E-state index contributed by atoms with van der Waals surface area (Å²) >= 11 is 1.52. The Labute approximate surface area is 134 Å². The molecule has 1 saturated heterocycles. The first kappa shape index (κ1) is 14.8. The van der Waals surface area contributed by atoms with Gasteiger partial charge in [0.05, 0.1) is 11.6 Å². The molecule has 1 aliphatic heterocycles. The minimum Gasteiger partial charge on any atom is -0.339 e. The Morgan fingerprint density at radius 1 is 1.14 bits per heavy atom. The van der Waals surface area contributed by atoms with Gasteiger partial charge in [-0.15, -0.1) is 0 Å². The number of hydrogen-bond acceptors (Lipinski definition) is 3. The molecule has 0 N–H and O–H groups in total. The van der Waals surface area contributed by atoms with Crippen LogP contribution in [0.3, 0.4) is 0 Å². The Kier molecular flexibility index (Phi) is 4.24. The SMILES string of the molecule is CC(=O)N1CCN(C(=O)c2ccsc2)C(c2ccccc2)C1. The fourth-order valence-corrected chi connectivity index (χ4v) is 3.45. The lowest BCUT2D eigenvalue weighted by Crippen LogP contribution is -2.51. The summed E-state index contributed by atoms with van der Waals surface area (Å²) in [6.07, 6.45) is 0. The fraction of sp³-hybridized carbons (Fsp3) is 0.294. The number of carbonyl (C=O) groups excluding carboxylic acids is 2. The Balaban J connectivity index is 1.90. The zero-order valence-electron chi connectivity index (χ0n) is 12.4. The third kappa shape index (κ3) is 2.90. The molecule has 1 aromatic heterocycles. The first-order chi connectivity index (χ1) is 10.7. The van der Waals surface area contributed by atoms with Gasteiger partial charge in [-0.25, -0.2) is 0 Å². The van der Waals surface area contributed by atoms with E-state index in [1.807, 2.05) is 57.0 Å². The third-order valence-corrected chi connectivity index (χ3v) is 4.72. The van der Waals surface area contributed by atoms with Gasteiger partial charge in [0.15, 0.2) is 0 Å². The summed E-state index contributed by atoms with van der Waals surface area (Å²) in [4.78, 5) is 28.2. The lowest BCUT2D eigenvalue weighted by Gasteiger charge is -2.41. The molecule has 22 heavy (non-hydrogen) atoms. The normalized spacial score (nSPS) is 18.3. The molecule has 0 spiro atoms. The number of rotatable bonds is 2. The number of nitrogens with zero attached hydrogens (tertiary/aromatic N) is 2. The number of thiophene rings is 1. The van der Waals surface area contributed by atoms with E-state index >= 15 is 0 Å². The van der Waals surface area contributed by atoms with Crippen LogP contribution < -0.4 is 0 Å². The van der Waals surface area contributed by atoms with Crippen molar-refractivity contribution in [2.45, 2.75) is 13.0 Å². The van der Waals surface area contributed by atoms with Crippen molar-refractivity contribution in [2.75, 3.05) is 19.6 Å². The van der Waals surface area contributed by atoms with Crippen molar-refractivity contribution >= 4 is 23.2 Å². The smallest absolute Gasteiger partial charge is 0.255 e. The second-order valence-corrected chi connectivity index (χ2v) is 6.18. The Hall–Kier alpha value is -2.14. The number of benzene rings is 1. The third-order valence-electron chi connectivity index (χ3n) is 4.04. The van der Waals surface area contributed by atoms with Crippen molar-refractivity contribution in [1.29, 1.82) is 0 Å². The van der Waals surface area contributed by atoms with E-state index in [-0.39, 0.29) is 17.9 Å². The average Bonchev–Trinajstić information content (AvgIpc) is 3.09. The summed E-state index contributed by atoms with van der Waals surface area (Å²) in [6, 6.07) is 11.7. The summed E-state index contributed by atoms with van der Waals surface area (Å²) in [7, 11) is 0. The molecule has 0 saturated carbocycles. The van der Waals surface area contributed by atoms with Crippen LogP contribution in [-0.2, 0) is 4.79 Å². The molecular weight excluding hydrogens is 296 g/mol. The highest BCUT2D eigenvalue weighted by Gasteiger charge is 2.32. The number of amides is 2. The summed E-state index contributed by atoms with van der Waals surface area (Å²) in [6.45, 7) is 3.29. The Morgan fingerprint density at radius 3 is 2.55 bits per heavy atom. The Bertz CT molecular complexity index is 655. The van der Waals surface area contributed by atoms with Crippen LogP contribution in [0.4, 0.5) is 0 Å². The van der Waals surface area contributed by atoms with Gasteiger partial charge in [-0.1, -0.05) is 30.3 Å². The lowest BCUT2D eigenvalue weighted by atomic mass is 10.0. The van der Waals surface area contributed by atoms with E-state index in [0.717, 1.165) is 11.1 Å². The summed E-state index contributed by atoms with van der Waals surface area (Å²) in [5, 5.41) is 3.79. The molecule has 4 nitrogen and oxygen atoms in total. The molecule has 0 bridgehead atoms. The van der Waals surface area contributed by atoms with Gasteiger partial charge in [0.2, 0.25) is 5.91 Å². The molecule has 3 rings (SSSR count). The molecule has 1 atom stereocenters. The highest BCUT2D eigenvalue weighted by Crippen LogP contribution is 2.27. The van der Waals surface area contributed by atoms with E-state index in [0.29, 0.717) is 19.6 Å². The van der Waals surface area contributed by atoms with Gasteiger partial charge < -0.3 is 9.80 Å². The second kappa shape index (κ2) is 6.32. The first-order valence-corrected chi connectivity index (χ1v) is 8.24. The van der Waals surface area contributed by atoms with E-state index in [2.05, 4.69) is 0 Å². The topological polar surface area (TPSA) is 40.6 Å². The van der Waals surface area contributed by atoms with Crippen LogP contribution in [0.2, 0.25) is 0 Å². The standard InChI is InChI=1S/C17H18N2O2S/c1-13(20)18-8-9-19(17(21)15-7-10-22-12-15)16(11-18)14-5-3-2-4-6-14/h2-7,10,12,16H,8-9,11H2,1H3. The first-order valence-electron chi connectivity index (χ1n) is 7.30. The van der Waals surface area contributed by atoms with Gasteiger partial charge in [-0.2, -0.15) is 11.3 Å². The molecule has 1 aliphatic rings. The van der Waals surface area contributed by atoms with E-state index in [1.54, 1.807) is 6.92 Å². The summed E-state index contributed by atoms with van der Waals surface area (Å²) in [5.74, 6) is 0.0990. The maximum atomic E-state index is 12.8. The molecule has 114 valence electrons. The van der Waals surface area contributed by atoms with Gasteiger partial charge in [0.1, 0.15) is 0 Å². The van der Waals surface area contributed by atoms with Crippen LogP contribution in [0, 0.1) is 0 Å². The zero-order valence-corrected chi connectivity index (χ0v) is 13.3. The maximum absolute atomic E-state index is 12.8. The predicted molar refractivity (Wildman–Crippen MR) is 86.8 cm³/mol. The van der Waals surface area contributed by atoms with Crippen LogP contribution in [0.1, 0.15) is 28.9 Å². The van der Waals surface area contributed by atoms with E-state index in [1.165, 1.54) is 11.3 Å². The molecule has 1 fully saturated rings. The van der Waals surface area contributed by atoms with Gasteiger partial charge in [0, 0.05) is 31.9 Å². The van der Waals surface area contributed by atoms with E-state index in [4.69, 9.17) is 0 Å². The van der Waals surface area contributed by atoms with Crippen molar-refractivity contribution < 1.29 is 9.59 Å². The molecular formula is C17H18N2O2S. The van der Waals surface area contributed by atoms with Crippen LogP contribution >= 0.6 is 11.3 Å². The molecule has 0 radical (unpaired) electrons. The molecule has 1 aromatic carbocycles. The zero-order chi connectivity index (χ0) is 15.5. The molecule has 2 heterocycles. The highest BCUT2D eigenvalue weighted by atomic mass is 32.1. The van der Waals surface area contributed by atoms with Crippen molar-refractivity contribution in [3.8, 4) is 0 Å². The molecule has 2 amide bonds. The minimum atomic E-state index is -0.0914. The summed E-state index contributed by atoms with van der Waals surface area (Å²) < 4.78 is 0. The van der Waals surface area contributed by atoms with Crippen LogP contribution in [0.25, 0.3) is 0 Å². The number of piperazine rings is 1. The minimum absolute atomic E-state index is 0.0401. The monoisotopic (exact) mass is 314 g/mol. The fourth-order valence-electron chi connectivity index (χ4n) is 2.82. The van der Waals surface area contributed by atoms with E-state index in [9.17, 15) is 9.59 Å². The van der Waals surface area contributed by atoms with Gasteiger partial charge in [0.25, 0.3) is 5.91 Å². The number of carbonyl (C=O) groups is 2. The highest BCUT2D eigenvalue weighted by molar-refractivity contribution is 7.08. The van der Waals surface area contributed by atoms with Crippen LogP contribution in [0.15, 0.2) is 47.2 Å². The average molecular weight is 314 g/mol. The lowest BCUT2D eigenvalue weighted by molar-refractivity contribution is -0.131. The van der Waals surface area contributed by atoms with Crippen molar-refractivity contribution in [2.24, 2.45) is 0 Å². The van der Waals surface area contributed by atoms with Crippen molar-refractivity contribution in [3.05, 3.63) is 58.3 Å². The van der Waals surface area contributed by atoms with Gasteiger partial charge >= 0.3 is 0 Å². The quantitative estimate of drug-likeness (QED) is 0.855. The predicted octanol–water partition coefficient (Wildman–Crippen LogP) is 2.79. The summed E-state index contributed by atoms with van der Waals surface area (Å²) in [5.41, 5.74) is 1.79. The van der Waals surface area contributed by atoms with Crippen molar-refractivity contribution in [3.63, 3.8) is 0 Å². The molecule has 0 aliphatic carbocycles. The van der Waals surface area contributed by atoms with Crippen LogP contribution in [-0.4, -0.2) is 41.2 Å². The largest absolute Gasteiger partial charge is 0.339 e. The molecule has 5 heteroatoms. The Morgan fingerprint density at radius 2 is 1.91 bits per heavy atom. The number of hydrogen-bond donors (Lipinski definition) is 0. The van der Waals surface area contributed by atoms with Crippen LogP contribution in [0.5, 0.6) is 0 Å².